The first-order valence-electron chi connectivity index (χ1n) is 6.33. The Labute approximate surface area is 120 Å². The van der Waals surface area contributed by atoms with Gasteiger partial charge >= 0.3 is 6.18 Å². The van der Waals surface area contributed by atoms with Crippen LogP contribution in [-0.2, 0) is 6.54 Å². The summed E-state index contributed by atoms with van der Waals surface area (Å²) in [5.41, 5.74) is 0. The van der Waals surface area contributed by atoms with Crippen LogP contribution in [-0.4, -0.2) is 30.7 Å². The topological polar surface area (TPSA) is 49.3 Å². The first-order valence-corrected chi connectivity index (χ1v) is 7.15. The molecule has 0 aliphatic rings. The van der Waals surface area contributed by atoms with Gasteiger partial charge in [0.1, 0.15) is 5.01 Å². The van der Waals surface area contributed by atoms with Crippen LogP contribution in [0, 0.1) is 6.92 Å². The number of nitrogens with one attached hydrogen (secondary N) is 2. The van der Waals surface area contributed by atoms with Crippen molar-refractivity contribution in [3.05, 3.63) is 16.1 Å². The predicted molar refractivity (Wildman–Crippen MR) is 75.0 cm³/mol. The maximum Gasteiger partial charge on any atom is 0.389 e. The molecule has 0 amide bonds. The summed E-state index contributed by atoms with van der Waals surface area (Å²) in [6, 6.07) is 0. The Kier molecular flexibility index (Phi) is 6.77. The van der Waals surface area contributed by atoms with Crippen LogP contribution in [0.4, 0.5) is 13.2 Å². The molecule has 0 radical (unpaired) electrons. The molecule has 0 aromatic carbocycles. The summed E-state index contributed by atoms with van der Waals surface area (Å²) >= 11 is 1.59. The standard InChI is InChI=1S/C12H19F3N4S/c1-9-7-18-10(20-9)8-19-11(16-2)17-6-4-3-5-12(13,14)15/h7H,3-6,8H2,1-2H3,(H2,16,17,19). The normalized spacial score (nSPS) is 12.6. The summed E-state index contributed by atoms with van der Waals surface area (Å²) in [4.78, 5) is 9.35. The van der Waals surface area contributed by atoms with Crippen molar-refractivity contribution in [2.24, 2.45) is 4.99 Å². The average Bonchev–Trinajstić information content (AvgIpc) is 2.77. The molecule has 1 heterocycles. The second-order valence-electron chi connectivity index (χ2n) is 4.29. The molecule has 0 unspecified atom stereocenters. The molecule has 114 valence electrons. The molecule has 4 nitrogen and oxygen atoms in total. The quantitative estimate of drug-likeness (QED) is 0.483. The number of guanidine groups is 1. The van der Waals surface area contributed by atoms with E-state index in [1.54, 1.807) is 24.6 Å². The summed E-state index contributed by atoms with van der Waals surface area (Å²) in [6.45, 7) is 3.00. The molecule has 20 heavy (non-hydrogen) atoms. The van der Waals surface area contributed by atoms with E-state index in [0.29, 0.717) is 25.5 Å². The van der Waals surface area contributed by atoms with Crippen molar-refractivity contribution in [1.82, 2.24) is 15.6 Å². The Balaban J connectivity index is 2.17. The SMILES string of the molecule is CN=C(NCCCCC(F)(F)F)NCc1ncc(C)s1. The highest BCUT2D eigenvalue weighted by Gasteiger charge is 2.25. The Morgan fingerprint density at radius 2 is 2.10 bits per heavy atom. The third-order valence-electron chi connectivity index (χ3n) is 2.48. The van der Waals surface area contributed by atoms with Crippen LogP contribution in [0.1, 0.15) is 29.1 Å². The lowest BCUT2D eigenvalue weighted by Gasteiger charge is -2.11. The smallest absolute Gasteiger partial charge is 0.356 e. The Hall–Kier alpha value is -1.31. The van der Waals surface area contributed by atoms with Crippen molar-refractivity contribution in [3.8, 4) is 0 Å². The van der Waals surface area contributed by atoms with Gasteiger partial charge in [-0.25, -0.2) is 4.98 Å². The van der Waals surface area contributed by atoms with Crippen LogP contribution >= 0.6 is 11.3 Å². The summed E-state index contributed by atoms with van der Waals surface area (Å²) in [6.07, 6.45) is -2.42. The summed E-state index contributed by atoms with van der Waals surface area (Å²) in [5, 5.41) is 7.00. The number of aryl methyl sites for hydroxylation is 1. The third-order valence-corrected chi connectivity index (χ3v) is 3.39. The molecular formula is C12H19F3N4S. The predicted octanol–water partition coefficient (Wildman–Crippen LogP) is 2.85. The molecule has 0 aliphatic carbocycles. The molecule has 2 N–H and O–H groups in total. The summed E-state index contributed by atoms with van der Waals surface area (Å²) in [7, 11) is 1.62. The molecule has 0 fully saturated rings. The fourth-order valence-corrected chi connectivity index (χ4v) is 2.25. The Morgan fingerprint density at radius 3 is 2.65 bits per heavy atom. The minimum atomic E-state index is -4.07. The van der Waals surface area contributed by atoms with Crippen LogP contribution < -0.4 is 10.6 Å². The van der Waals surface area contributed by atoms with E-state index in [0.717, 1.165) is 9.88 Å². The molecule has 1 rings (SSSR count). The maximum absolute atomic E-state index is 12.0. The third kappa shape index (κ3) is 7.32. The van der Waals surface area contributed by atoms with E-state index in [1.807, 2.05) is 6.92 Å². The van der Waals surface area contributed by atoms with Crippen LogP contribution in [0.5, 0.6) is 0 Å². The molecule has 0 aliphatic heterocycles. The van der Waals surface area contributed by atoms with E-state index in [2.05, 4.69) is 20.6 Å². The van der Waals surface area contributed by atoms with E-state index in [-0.39, 0.29) is 6.42 Å². The molecule has 1 aromatic heterocycles. The van der Waals surface area contributed by atoms with Gasteiger partial charge in [0.25, 0.3) is 0 Å². The van der Waals surface area contributed by atoms with Gasteiger partial charge in [0.15, 0.2) is 5.96 Å². The Bertz CT molecular complexity index is 429. The molecule has 0 saturated carbocycles. The van der Waals surface area contributed by atoms with Crippen molar-refractivity contribution >= 4 is 17.3 Å². The van der Waals surface area contributed by atoms with Gasteiger partial charge in [0.05, 0.1) is 6.54 Å². The van der Waals surface area contributed by atoms with Gasteiger partial charge in [-0.2, -0.15) is 13.2 Å². The number of rotatable bonds is 6. The van der Waals surface area contributed by atoms with Gasteiger partial charge < -0.3 is 10.6 Å². The fourth-order valence-electron chi connectivity index (χ4n) is 1.52. The van der Waals surface area contributed by atoms with E-state index < -0.39 is 12.6 Å². The van der Waals surface area contributed by atoms with E-state index in [1.165, 1.54) is 0 Å². The lowest BCUT2D eigenvalue weighted by atomic mass is 10.2. The number of hydrogen-bond donors (Lipinski definition) is 2. The van der Waals surface area contributed by atoms with Crippen molar-refractivity contribution in [1.29, 1.82) is 0 Å². The highest BCUT2D eigenvalue weighted by Crippen LogP contribution is 2.21. The average molecular weight is 308 g/mol. The van der Waals surface area contributed by atoms with Gasteiger partial charge in [-0.05, 0) is 19.8 Å². The molecule has 8 heteroatoms. The van der Waals surface area contributed by atoms with E-state index in [4.69, 9.17) is 0 Å². The lowest BCUT2D eigenvalue weighted by molar-refractivity contribution is -0.135. The minimum absolute atomic E-state index is 0.124. The fraction of sp³-hybridized carbons (Fsp3) is 0.667. The van der Waals surface area contributed by atoms with Gasteiger partial charge in [0.2, 0.25) is 0 Å². The number of hydrogen-bond acceptors (Lipinski definition) is 3. The van der Waals surface area contributed by atoms with Crippen LogP contribution in [0.15, 0.2) is 11.2 Å². The number of unbranched alkanes of at least 4 members (excludes halogenated alkanes) is 1. The van der Waals surface area contributed by atoms with Crippen molar-refractivity contribution in [2.75, 3.05) is 13.6 Å². The highest BCUT2D eigenvalue weighted by atomic mass is 32.1. The van der Waals surface area contributed by atoms with Gasteiger partial charge in [-0.15, -0.1) is 11.3 Å². The van der Waals surface area contributed by atoms with Crippen molar-refractivity contribution in [3.63, 3.8) is 0 Å². The number of aromatic nitrogens is 1. The molecular weight excluding hydrogens is 289 g/mol. The van der Waals surface area contributed by atoms with E-state index >= 15 is 0 Å². The first kappa shape index (κ1) is 16.7. The molecule has 0 spiro atoms. The first-order chi connectivity index (χ1) is 9.40. The van der Waals surface area contributed by atoms with Crippen LogP contribution in [0.25, 0.3) is 0 Å². The monoisotopic (exact) mass is 308 g/mol. The lowest BCUT2D eigenvalue weighted by Crippen LogP contribution is -2.37. The zero-order chi connectivity index (χ0) is 15.0. The number of nitrogens with zero attached hydrogens (tertiary/aromatic N) is 2. The second kappa shape index (κ2) is 8.08. The van der Waals surface area contributed by atoms with Gasteiger partial charge in [-0.3, -0.25) is 4.99 Å². The number of alkyl halides is 3. The maximum atomic E-state index is 12.0. The van der Waals surface area contributed by atoms with Crippen molar-refractivity contribution in [2.45, 2.75) is 38.9 Å². The number of aliphatic imine (C=N–C) groups is 1. The highest BCUT2D eigenvalue weighted by molar-refractivity contribution is 7.11. The van der Waals surface area contributed by atoms with Crippen LogP contribution in [0.3, 0.4) is 0 Å². The zero-order valence-electron chi connectivity index (χ0n) is 11.5. The van der Waals surface area contributed by atoms with Crippen molar-refractivity contribution < 1.29 is 13.2 Å². The summed E-state index contributed by atoms with van der Waals surface area (Å²) < 4.78 is 35.9. The molecule has 0 atom stereocenters. The number of halogens is 3. The molecule has 0 bridgehead atoms. The zero-order valence-corrected chi connectivity index (χ0v) is 12.4. The Morgan fingerprint density at radius 1 is 1.35 bits per heavy atom. The van der Waals surface area contributed by atoms with Crippen LogP contribution in [0.2, 0.25) is 0 Å². The molecule has 0 saturated heterocycles. The second-order valence-corrected chi connectivity index (χ2v) is 5.61. The summed E-state index contributed by atoms with van der Waals surface area (Å²) in [5.74, 6) is 0.574. The van der Waals surface area contributed by atoms with Gasteiger partial charge in [-0.1, -0.05) is 0 Å². The number of thiazole rings is 1. The molecule has 1 aromatic rings. The van der Waals surface area contributed by atoms with E-state index in [9.17, 15) is 13.2 Å². The largest absolute Gasteiger partial charge is 0.389 e. The minimum Gasteiger partial charge on any atom is -0.356 e. The van der Waals surface area contributed by atoms with Gasteiger partial charge in [0, 0.05) is 31.1 Å².